The van der Waals surface area contributed by atoms with Crippen LogP contribution in [0.15, 0.2) is 5.38 Å². The number of amides is 2. The molecule has 0 bridgehead atoms. The fraction of sp³-hybridized carbons (Fsp3) is 0.636. The van der Waals surface area contributed by atoms with Crippen LogP contribution < -0.4 is 10.6 Å². The molecular weight excluding hydrogens is 236 g/mol. The summed E-state index contributed by atoms with van der Waals surface area (Å²) in [7, 11) is 0. The van der Waals surface area contributed by atoms with Crippen LogP contribution in [0.5, 0.6) is 0 Å². The Morgan fingerprint density at radius 1 is 1.71 bits per heavy atom. The first-order valence-electron chi connectivity index (χ1n) is 5.85. The molecule has 0 aromatic carbocycles. The Labute approximate surface area is 105 Å². The number of carbonyl (C=O) groups is 1. The van der Waals surface area contributed by atoms with E-state index in [1.165, 1.54) is 0 Å². The molecule has 1 atom stereocenters. The Morgan fingerprint density at radius 2 is 2.53 bits per heavy atom. The van der Waals surface area contributed by atoms with Crippen molar-refractivity contribution in [3.8, 4) is 0 Å². The van der Waals surface area contributed by atoms with Crippen LogP contribution >= 0.6 is 11.3 Å². The van der Waals surface area contributed by atoms with Gasteiger partial charge in [-0.15, -0.1) is 11.3 Å². The third-order valence-electron chi connectivity index (χ3n) is 2.78. The largest absolute Gasteiger partial charge is 0.336 e. The number of nitrogens with one attached hydrogen (secondary N) is 2. The molecule has 0 spiro atoms. The molecule has 0 radical (unpaired) electrons. The summed E-state index contributed by atoms with van der Waals surface area (Å²) in [4.78, 5) is 17.6. The maximum absolute atomic E-state index is 11.3. The van der Waals surface area contributed by atoms with Gasteiger partial charge in [0.15, 0.2) is 0 Å². The van der Waals surface area contributed by atoms with E-state index in [4.69, 9.17) is 0 Å². The predicted octanol–water partition coefficient (Wildman–Crippen LogP) is 1.13. The molecule has 1 aliphatic heterocycles. The Kier molecular flexibility index (Phi) is 3.96. The highest BCUT2D eigenvalue weighted by Crippen LogP contribution is 2.16. The maximum atomic E-state index is 11.3. The molecule has 0 aliphatic carbocycles. The van der Waals surface area contributed by atoms with Gasteiger partial charge in [0.05, 0.1) is 6.04 Å². The van der Waals surface area contributed by atoms with Crippen molar-refractivity contribution in [2.24, 2.45) is 0 Å². The first-order chi connectivity index (χ1) is 8.16. The standard InChI is InChI=1S/C11H18N4OS/c1-8-7-17-10(14-8)9(2)12-3-5-15-6-4-13-11(15)16/h7,9,12H,3-6H2,1-2H3,(H,13,16). The van der Waals surface area contributed by atoms with Crippen molar-refractivity contribution in [3.05, 3.63) is 16.1 Å². The smallest absolute Gasteiger partial charge is 0.317 e. The number of hydrogen-bond acceptors (Lipinski definition) is 4. The van der Waals surface area contributed by atoms with Crippen LogP contribution in [0.2, 0.25) is 0 Å². The quantitative estimate of drug-likeness (QED) is 0.828. The van der Waals surface area contributed by atoms with Gasteiger partial charge in [-0.05, 0) is 13.8 Å². The summed E-state index contributed by atoms with van der Waals surface area (Å²) < 4.78 is 0. The summed E-state index contributed by atoms with van der Waals surface area (Å²) in [5.41, 5.74) is 1.07. The minimum atomic E-state index is 0.0459. The van der Waals surface area contributed by atoms with E-state index < -0.39 is 0 Å². The van der Waals surface area contributed by atoms with E-state index in [9.17, 15) is 4.79 Å². The Bertz CT molecular complexity index is 393. The number of aryl methyl sites for hydroxylation is 1. The molecular formula is C11H18N4OS. The first-order valence-corrected chi connectivity index (χ1v) is 6.73. The average molecular weight is 254 g/mol. The lowest BCUT2D eigenvalue weighted by Crippen LogP contribution is -2.35. The van der Waals surface area contributed by atoms with Gasteiger partial charge in [0.2, 0.25) is 0 Å². The molecule has 1 saturated heterocycles. The van der Waals surface area contributed by atoms with E-state index in [1.54, 1.807) is 11.3 Å². The monoisotopic (exact) mass is 254 g/mol. The summed E-state index contributed by atoms with van der Waals surface area (Å²) in [6, 6.07) is 0.295. The summed E-state index contributed by atoms with van der Waals surface area (Å²) >= 11 is 1.67. The molecule has 1 fully saturated rings. The molecule has 1 unspecified atom stereocenters. The Hall–Kier alpha value is -1.14. The lowest BCUT2D eigenvalue weighted by molar-refractivity contribution is 0.217. The van der Waals surface area contributed by atoms with Gasteiger partial charge in [-0.2, -0.15) is 0 Å². The van der Waals surface area contributed by atoms with Crippen molar-refractivity contribution in [1.29, 1.82) is 0 Å². The summed E-state index contributed by atoms with van der Waals surface area (Å²) in [6.45, 7) is 7.22. The molecule has 2 N–H and O–H groups in total. The van der Waals surface area contributed by atoms with Crippen LogP contribution in [0.3, 0.4) is 0 Å². The zero-order valence-electron chi connectivity index (χ0n) is 10.2. The topological polar surface area (TPSA) is 57.3 Å². The molecule has 5 nitrogen and oxygen atoms in total. The van der Waals surface area contributed by atoms with Gasteiger partial charge in [-0.3, -0.25) is 0 Å². The number of thiazole rings is 1. The molecule has 1 aromatic heterocycles. The van der Waals surface area contributed by atoms with Gasteiger partial charge in [-0.1, -0.05) is 0 Å². The second-order valence-electron chi connectivity index (χ2n) is 4.22. The molecule has 6 heteroatoms. The van der Waals surface area contributed by atoms with E-state index in [1.807, 2.05) is 11.8 Å². The van der Waals surface area contributed by atoms with Crippen molar-refractivity contribution in [1.82, 2.24) is 20.5 Å². The molecule has 17 heavy (non-hydrogen) atoms. The molecule has 1 aromatic rings. The number of urea groups is 1. The summed E-state index contributed by atoms with van der Waals surface area (Å²) in [5.74, 6) is 0. The normalized spacial score (nSPS) is 17.3. The zero-order valence-corrected chi connectivity index (χ0v) is 11.0. The van der Waals surface area contributed by atoms with Crippen LogP contribution in [0, 0.1) is 6.92 Å². The van der Waals surface area contributed by atoms with Gasteiger partial charge < -0.3 is 15.5 Å². The van der Waals surface area contributed by atoms with Crippen LogP contribution in [-0.4, -0.2) is 42.1 Å². The number of carbonyl (C=O) groups excluding carboxylic acids is 1. The zero-order chi connectivity index (χ0) is 12.3. The van der Waals surface area contributed by atoms with E-state index >= 15 is 0 Å². The molecule has 0 saturated carbocycles. The summed E-state index contributed by atoms with van der Waals surface area (Å²) in [5, 5.41) is 9.34. The second kappa shape index (κ2) is 5.46. The Balaban J connectivity index is 1.73. The fourth-order valence-electron chi connectivity index (χ4n) is 1.80. The Morgan fingerprint density at radius 3 is 3.12 bits per heavy atom. The lowest BCUT2D eigenvalue weighted by Gasteiger charge is -2.16. The third-order valence-corrected chi connectivity index (χ3v) is 3.93. The summed E-state index contributed by atoms with van der Waals surface area (Å²) in [6.07, 6.45) is 0. The van der Waals surface area contributed by atoms with Gasteiger partial charge in [0.1, 0.15) is 5.01 Å². The number of aromatic nitrogens is 1. The van der Waals surface area contributed by atoms with Crippen LogP contribution in [0.4, 0.5) is 4.79 Å². The van der Waals surface area contributed by atoms with Crippen LogP contribution in [-0.2, 0) is 0 Å². The SMILES string of the molecule is Cc1csc(C(C)NCCN2CCNC2=O)n1. The molecule has 94 valence electrons. The molecule has 2 amide bonds. The van der Waals surface area contributed by atoms with Crippen molar-refractivity contribution in [2.75, 3.05) is 26.2 Å². The average Bonchev–Trinajstić information content (AvgIpc) is 2.88. The third kappa shape index (κ3) is 3.17. The number of nitrogens with zero attached hydrogens (tertiary/aromatic N) is 2. The second-order valence-corrected chi connectivity index (χ2v) is 5.11. The minimum absolute atomic E-state index is 0.0459. The van der Waals surface area contributed by atoms with E-state index in [0.29, 0.717) is 0 Å². The van der Waals surface area contributed by atoms with Gasteiger partial charge in [0.25, 0.3) is 0 Å². The van der Waals surface area contributed by atoms with E-state index in [0.717, 1.165) is 36.9 Å². The fourth-order valence-corrected chi connectivity index (χ4v) is 2.63. The number of rotatable bonds is 5. The van der Waals surface area contributed by atoms with Crippen LogP contribution in [0.25, 0.3) is 0 Å². The van der Waals surface area contributed by atoms with Crippen LogP contribution in [0.1, 0.15) is 23.7 Å². The van der Waals surface area contributed by atoms with Gasteiger partial charge >= 0.3 is 6.03 Å². The first kappa shape index (κ1) is 12.3. The highest BCUT2D eigenvalue weighted by molar-refractivity contribution is 7.09. The van der Waals surface area contributed by atoms with Gasteiger partial charge in [-0.25, -0.2) is 9.78 Å². The van der Waals surface area contributed by atoms with Crippen molar-refractivity contribution >= 4 is 17.4 Å². The van der Waals surface area contributed by atoms with Crippen molar-refractivity contribution < 1.29 is 4.79 Å². The molecule has 2 heterocycles. The van der Waals surface area contributed by atoms with Crippen molar-refractivity contribution in [3.63, 3.8) is 0 Å². The molecule has 2 rings (SSSR count). The van der Waals surface area contributed by atoms with Gasteiger partial charge in [0, 0.05) is 37.3 Å². The number of hydrogen-bond donors (Lipinski definition) is 2. The highest BCUT2D eigenvalue weighted by Gasteiger charge is 2.18. The maximum Gasteiger partial charge on any atom is 0.317 e. The van der Waals surface area contributed by atoms with E-state index in [2.05, 4.69) is 27.9 Å². The highest BCUT2D eigenvalue weighted by atomic mass is 32.1. The predicted molar refractivity (Wildman–Crippen MR) is 68.2 cm³/mol. The molecule has 1 aliphatic rings. The van der Waals surface area contributed by atoms with Crippen molar-refractivity contribution in [2.45, 2.75) is 19.9 Å². The van der Waals surface area contributed by atoms with E-state index in [-0.39, 0.29) is 12.1 Å². The lowest BCUT2D eigenvalue weighted by atomic mass is 10.3. The minimum Gasteiger partial charge on any atom is -0.336 e.